The normalized spacial score (nSPS) is 10.2. The van der Waals surface area contributed by atoms with Gasteiger partial charge in [0.25, 0.3) is 5.91 Å². The Morgan fingerprint density at radius 1 is 0.750 bits per heavy atom. The summed E-state index contributed by atoms with van der Waals surface area (Å²) in [6.07, 6.45) is 0. The van der Waals surface area contributed by atoms with E-state index in [0.717, 1.165) is 11.4 Å². The van der Waals surface area contributed by atoms with Crippen molar-refractivity contribution in [2.75, 3.05) is 41.1 Å². The Hall–Kier alpha value is -4.13. The average Bonchev–Trinajstić information content (AvgIpc) is 2.82. The van der Waals surface area contributed by atoms with Crippen LogP contribution in [0.1, 0.15) is 17.3 Å². The quantitative estimate of drug-likeness (QED) is 0.594. The van der Waals surface area contributed by atoms with E-state index in [0.29, 0.717) is 16.9 Å². The number of rotatable bonds is 7. The molecule has 0 aliphatic carbocycles. The van der Waals surface area contributed by atoms with E-state index in [1.807, 2.05) is 30.3 Å². The molecule has 0 saturated heterocycles. The second-order valence-corrected chi connectivity index (χ2v) is 7.31. The minimum Gasteiger partial charge on any atom is -0.376 e. The molecule has 0 saturated carbocycles. The van der Waals surface area contributed by atoms with E-state index in [-0.39, 0.29) is 24.3 Å². The standard InChI is InChI=1S/C25H26N4O3/c1-18(30)28(2)23-14-12-20(13-15-23)27-24(31)17-26-21-9-7-8-19(16-21)25(32)29(3)22-10-5-4-6-11-22/h4-16,26H,17H2,1-3H3,(H,27,31). The van der Waals surface area contributed by atoms with Gasteiger partial charge >= 0.3 is 0 Å². The van der Waals surface area contributed by atoms with Crippen LogP contribution in [0.4, 0.5) is 22.7 Å². The van der Waals surface area contributed by atoms with E-state index in [1.54, 1.807) is 67.5 Å². The number of hydrogen-bond acceptors (Lipinski definition) is 4. The predicted molar refractivity (Wildman–Crippen MR) is 128 cm³/mol. The summed E-state index contributed by atoms with van der Waals surface area (Å²) in [7, 11) is 3.42. The lowest BCUT2D eigenvalue weighted by atomic mass is 10.1. The topological polar surface area (TPSA) is 81.8 Å². The molecule has 0 heterocycles. The van der Waals surface area contributed by atoms with Crippen LogP contribution >= 0.6 is 0 Å². The molecule has 0 unspecified atom stereocenters. The molecule has 3 amide bonds. The zero-order valence-corrected chi connectivity index (χ0v) is 18.3. The van der Waals surface area contributed by atoms with Gasteiger partial charge in [-0.2, -0.15) is 0 Å². The maximum atomic E-state index is 12.8. The molecule has 0 atom stereocenters. The molecule has 0 bridgehead atoms. The van der Waals surface area contributed by atoms with Gasteiger partial charge in [0.1, 0.15) is 0 Å². The lowest BCUT2D eigenvalue weighted by Gasteiger charge is -2.18. The maximum Gasteiger partial charge on any atom is 0.258 e. The monoisotopic (exact) mass is 430 g/mol. The van der Waals surface area contributed by atoms with E-state index in [1.165, 1.54) is 11.8 Å². The third-order valence-corrected chi connectivity index (χ3v) is 5.02. The first-order valence-electron chi connectivity index (χ1n) is 10.2. The van der Waals surface area contributed by atoms with E-state index in [2.05, 4.69) is 10.6 Å². The zero-order valence-electron chi connectivity index (χ0n) is 18.3. The Labute approximate surface area is 187 Å². The van der Waals surface area contributed by atoms with Crippen molar-refractivity contribution < 1.29 is 14.4 Å². The average molecular weight is 431 g/mol. The van der Waals surface area contributed by atoms with Crippen LogP contribution < -0.4 is 20.4 Å². The molecule has 3 rings (SSSR count). The van der Waals surface area contributed by atoms with Crippen molar-refractivity contribution >= 4 is 40.5 Å². The molecule has 0 fully saturated rings. The molecule has 2 N–H and O–H groups in total. The van der Waals surface area contributed by atoms with Gasteiger partial charge in [0.05, 0.1) is 6.54 Å². The van der Waals surface area contributed by atoms with E-state index < -0.39 is 0 Å². The third-order valence-electron chi connectivity index (χ3n) is 5.02. The molecule has 0 aromatic heterocycles. The Kier molecular flexibility index (Phi) is 7.23. The van der Waals surface area contributed by atoms with Crippen molar-refractivity contribution in [2.45, 2.75) is 6.92 Å². The van der Waals surface area contributed by atoms with Crippen LogP contribution in [0.3, 0.4) is 0 Å². The van der Waals surface area contributed by atoms with Crippen LogP contribution in [-0.4, -0.2) is 38.4 Å². The molecule has 3 aromatic carbocycles. The number of benzene rings is 3. The number of hydrogen-bond donors (Lipinski definition) is 2. The van der Waals surface area contributed by atoms with Crippen LogP contribution in [0.15, 0.2) is 78.9 Å². The van der Waals surface area contributed by atoms with E-state index in [4.69, 9.17) is 0 Å². The van der Waals surface area contributed by atoms with Crippen LogP contribution in [0.2, 0.25) is 0 Å². The zero-order chi connectivity index (χ0) is 23.1. The minimum absolute atomic E-state index is 0.0429. The van der Waals surface area contributed by atoms with Gasteiger partial charge < -0.3 is 20.4 Å². The Balaban J connectivity index is 1.57. The molecule has 7 heteroatoms. The van der Waals surface area contributed by atoms with Gasteiger partial charge in [-0.25, -0.2) is 0 Å². The fourth-order valence-corrected chi connectivity index (χ4v) is 3.06. The van der Waals surface area contributed by atoms with E-state index in [9.17, 15) is 14.4 Å². The van der Waals surface area contributed by atoms with Gasteiger partial charge in [-0.05, 0) is 54.6 Å². The summed E-state index contributed by atoms with van der Waals surface area (Å²) in [4.78, 5) is 39.6. The lowest BCUT2D eigenvalue weighted by molar-refractivity contribution is -0.116. The number of amides is 3. The summed E-state index contributed by atoms with van der Waals surface area (Å²) in [6.45, 7) is 1.53. The van der Waals surface area contributed by atoms with Gasteiger partial charge in [0.15, 0.2) is 0 Å². The molecule has 0 aliphatic rings. The summed E-state index contributed by atoms with van der Waals surface area (Å²) < 4.78 is 0. The molecular weight excluding hydrogens is 404 g/mol. The second kappa shape index (κ2) is 10.3. The molecule has 164 valence electrons. The summed E-state index contributed by atoms with van der Waals surface area (Å²) in [6, 6.07) is 23.5. The van der Waals surface area contributed by atoms with Gasteiger partial charge in [0, 0.05) is 49.3 Å². The van der Waals surface area contributed by atoms with Gasteiger partial charge in [-0.3, -0.25) is 14.4 Å². The molecule has 0 radical (unpaired) electrons. The number of nitrogens with one attached hydrogen (secondary N) is 2. The van der Waals surface area contributed by atoms with Crippen LogP contribution in [0.5, 0.6) is 0 Å². The highest BCUT2D eigenvalue weighted by Crippen LogP contribution is 2.18. The number of para-hydroxylation sites is 1. The lowest BCUT2D eigenvalue weighted by Crippen LogP contribution is -2.26. The fraction of sp³-hybridized carbons (Fsp3) is 0.160. The number of carbonyl (C=O) groups excluding carboxylic acids is 3. The summed E-state index contributed by atoms with van der Waals surface area (Å²) in [5.41, 5.74) is 3.37. The van der Waals surface area contributed by atoms with Crippen molar-refractivity contribution in [1.29, 1.82) is 0 Å². The third kappa shape index (κ3) is 5.72. The van der Waals surface area contributed by atoms with Crippen molar-refractivity contribution in [3.63, 3.8) is 0 Å². The Morgan fingerprint density at radius 2 is 1.41 bits per heavy atom. The summed E-state index contributed by atoms with van der Waals surface area (Å²) >= 11 is 0. The van der Waals surface area contributed by atoms with E-state index >= 15 is 0 Å². The molecule has 0 spiro atoms. The SMILES string of the molecule is CC(=O)N(C)c1ccc(NC(=O)CNc2cccc(C(=O)N(C)c3ccccc3)c2)cc1. The predicted octanol–water partition coefficient (Wildman–Crippen LogP) is 4.00. The first kappa shape index (κ1) is 22.6. The smallest absolute Gasteiger partial charge is 0.258 e. The number of carbonyl (C=O) groups is 3. The highest BCUT2D eigenvalue weighted by molar-refractivity contribution is 6.06. The fourth-order valence-electron chi connectivity index (χ4n) is 3.06. The second-order valence-electron chi connectivity index (χ2n) is 7.31. The molecule has 3 aromatic rings. The summed E-state index contributed by atoms with van der Waals surface area (Å²) in [5.74, 6) is -0.433. The van der Waals surface area contributed by atoms with Crippen molar-refractivity contribution in [3.8, 4) is 0 Å². The highest BCUT2D eigenvalue weighted by Gasteiger charge is 2.14. The van der Waals surface area contributed by atoms with Crippen LogP contribution in [0.25, 0.3) is 0 Å². The number of anilines is 4. The molecule has 0 aliphatic heterocycles. The maximum absolute atomic E-state index is 12.8. The van der Waals surface area contributed by atoms with Gasteiger partial charge in [-0.15, -0.1) is 0 Å². The van der Waals surface area contributed by atoms with Crippen molar-refractivity contribution in [3.05, 3.63) is 84.4 Å². The Bertz CT molecular complexity index is 1100. The van der Waals surface area contributed by atoms with Gasteiger partial charge in [0.2, 0.25) is 11.8 Å². The molecule has 32 heavy (non-hydrogen) atoms. The van der Waals surface area contributed by atoms with Crippen LogP contribution in [-0.2, 0) is 9.59 Å². The first-order chi connectivity index (χ1) is 15.3. The Morgan fingerprint density at radius 3 is 2.06 bits per heavy atom. The van der Waals surface area contributed by atoms with Crippen LogP contribution in [0, 0.1) is 0 Å². The first-order valence-corrected chi connectivity index (χ1v) is 10.2. The van der Waals surface area contributed by atoms with Crippen molar-refractivity contribution in [1.82, 2.24) is 0 Å². The van der Waals surface area contributed by atoms with Gasteiger partial charge in [-0.1, -0.05) is 24.3 Å². The largest absolute Gasteiger partial charge is 0.376 e. The number of nitrogens with zero attached hydrogens (tertiary/aromatic N) is 2. The summed E-state index contributed by atoms with van der Waals surface area (Å²) in [5, 5.41) is 5.85. The minimum atomic E-state index is -0.226. The van der Waals surface area contributed by atoms with Crippen molar-refractivity contribution in [2.24, 2.45) is 0 Å². The molecular formula is C25H26N4O3. The highest BCUT2D eigenvalue weighted by atomic mass is 16.2. The molecule has 7 nitrogen and oxygen atoms in total.